The summed E-state index contributed by atoms with van der Waals surface area (Å²) in [6.45, 7) is 2.12. The normalized spacial score (nSPS) is 12.5. The second kappa shape index (κ2) is 4.42. The third kappa shape index (κ3) is 2.31. The van der Waals surface area contributed by atoms with Crippen LogP contribution in [-0.4, -0.2) is 18.5 Å². The van der Waals surface area contributed by atoms with Gasteiger partial charge >= 0.3 is 0 Å². The van der Waals surface area contributed by atoms with Gasteiger partial charge in [-0.15, -0.1) is 0 Å². The van der Waals surface area contributed by atoms with Crippen molar-refractivity contribution in [2.45, 2.75) is 12.2 Å². The number of ether oxygens (including phenoxy) is 1. The molecule has 13 heavy (non-hydrogen) atoms. The van der Waals surface area contributed by atoms with Gasteiger partial charge in [0.1, 0.15) is 0 Å². The highest BCUT2D eigenvalue weighted by Crippen LogP contribution is 2.33. The van der Waals surface area contributed by atoms with Gasteiger partial charge in [0.25, 0.3) is 0 Å². The van der Waals surface area contributed by atoms with Crippen LogP contribution in [0, 0.1) is 0 Å². The lowest BCUT2D eigenvalue weighted by Gasteiger charge is -2.10. The van der Waals surface area contributed by atoms with E-state index in [0.717, 1.165) is 0 Å². The van der Waals surface area contributed by atoms with E-state index in [2.05, 4.69) is 13.2 Å². The molecule has 0 spiro atoms. The Kier molecular flexibility index (Phi) is 3.48. The van der Waals surface area contributed by atoms with Crippen LogP contribution in [0.15, 0.2) is 18.2 Å². The lowest BCUT2D eigenvalue weighted by atomic mass is 10.1. The third-order valence-electron chi connectivity index (χ3n) is 2.03. The second-order valence-electron chi connectivity index (χ2n) is 2.81. The molecule has 72 valence electrons. The van der Waals surface area contributed by atoms with E-state index < -0.39 is 0 Å². The van der Waals surface area contributed by atoms with Crippen molar-refractivity contribution >= 4 is 11.8 Å². The zero-order chi connectivity index (χ0) is 9.84. The summed E-state index contributed by atoms with van der Waals surface area (Å²) in [5, 5.41) is 9.78. The Morgan fingerprint density at radius 1 is 1.46 bits per heavy atom. The van der Waals surface area contributed by atoms with Gasteiger partial charge in [0.05, 0.1) is 7.11 Å². The fraction of sp³-hybridized carbons (Fsp3) is 0.400. The first-order valence-electron chi connectivity index (χ1n) is 4.08. The van der Waals surface area contributed by atoms with Gasteiger partial charge < -0.3 is 9.84 Å². The Bertz CT molecular complexity index is 286. The van der Waals surface area contributed by atoms with Crippen molar-refractivity contribution in [2.24, 2.45) is 0 Å². The zero-order valence-corrected chi connectivity index (χ0v) is 8.89. The van der Waals surface area contributed by atoms with E-state index in [4.69, 9.17) is 4.74 Å². The van der Waals surface area contributed by atoms with E-state index in [-0.39, 0.29) is 5.75 Å². The summed E-state index contributed by atoms with van der Waals surface area (Å²) < 4.78 is 5.02. The van der Waals surface area contributed by atoms with Crippen LogP contribution in [0.3, 0.4) is 0 Å². The predicted octanol–water partition coefficient (Wildman–Crippen LogP) is 2.82. The van der Waals surface area contributed by atoms with Crippen LogP contribution in [0.2, 0.25) is 0 Å². The van der Waals surface area contributed by atoms with Crippen LogP contribution >= 0.6 is 11.8 Å². The summed E-state index contributed by atoms with van der Waals surface area (Å²) in [5.74, 6) is 0.734. The first kappa shape index (κ1) is 10.3. The van der Waals surface area contributed by atoms with Crippen molar-refractivity contribution in [3.8, 4) is 11.5 Å². The molecule has 0 aromatic heterocycles. The van der Waals surface area contributed by atoms with Crippen LogP contribution in [-0.2, 0) is 0 Å². The van der Waals surface area contributed by atoms with E-state index in [1.54, 1.807) is 24.9 Å². The van der Waals surface area contributed by atoms with Crippen LogP contribution in [0.25, 0.3) is 0 Å². The SMILES string of the molecule is COc1cc(C(C)SC)ccc1O. The Morgan fingerprint density at radius 2 is 2.15 bits per heavy atom. The number of hydrogen-bond donors (Lipinski definition) is 1. The molecule has 0 fully saturated rings. The van der Waals surface area contributed by atoms with Crippen molar-refractivity contribution < 1.29 is 9.84 Å². The van der Waals surface area contributed by atoms with E-state index in [1.165, 1.54) is 5.56 Å². The van der Waals surface area contributed by atoms with Crippen LogP contribution in [0.5, 0.6) is 11.5 Å². The first-order valence-corrected chi connectivity index (χ1v) is 5.37. The van der Waals surface area contributed by atoms with E-state index in [0.29, 0.717) is 11.0 Å². The topological polar surface area (TPSA) is 29.5 Å². The molecule has 0 aliphatic carbocycles. The highest BCUT2D eigenvalue weighted by molar-refractivity contribution is 7.98. The lowest BCUT2D eigenvalue weighted by Crippen LogP contribution is -1.90. The van der Waals surface area contributed by atoms with Crippen LogP contribution in [0.1, 0.15) is 17.7 Å². The number of methoxy groups -OCH3 is 1. The molecule has 2 nitrogen and oxygen atoms in total. The molecule has 0 radical (unpaired) electrons. The van der Waals surface area contributed by atoms with Crippen molar-refractivity contribution in [3.63, 3.8) is 0 Å². The van der Waals surface area contributed by atoms with Crippen molar-refractivity contribution in [1.29, 1.82) is 0 Å². The minimum absolute atomic E-state index is 0.194. The quantitative estimate of drug-likeness (QED) is 0.809. The second-order valence-corrected chi connectivity index (χ2v) is 3.99. The monoisotopic (exact) mass is 198 g/mol. The fourth-order valence-corrected chi connectivity index (χ4v) is 1.50. The number of thioether (sulfide) groups is 1. The Labute approximate surface area is 82.9 Å². The Hall–Kier alpha value is -0.830. The number of phenolic OH excluding ortho intramolecular Hbond substituents is 1. The number of aromatic hydroxyl groups is 1. The third-order valence-corrected chi connectivity index (χ3v) is 3.01. The minimum Gasteiger partial charge on any atom is -0.504 e. The standard InChI is InChI=1S/C10H14O2S/c1-7(13-3)8-4-5-9(11)10(6-8)12-2/h4-7,11H,1-3H3. The summed E-state index contributed by atoms with van der Waals surface area (Å²) in [6, 6.07) is 5.45. The minimum atomic E-state index is 0.194. The number of rotatable bonds is 3. The summed E-state index contributed by atoms with van der Waals surface area (Å²) in [6.07, 6.45) is 2.06. The van der Waals surface area contributed by atoms with Crippen molar-refractivity contribution in [1.82, 2.24) is 0 Å². The highest BCUT2D eigenvalue weighted by Gasteiger charge is 2.07. The molecular formula is C10H14O2S. The van der Waals surface area contributed by atoms with Gasteiger partial charge in [0.15, 0.2) is 11.5 Å². The van der Waals surface area contributed by atoms with Gasteiger partial charge in [0, 0.05) is 5.25 Å². The van der Waals surface area contributed by atoms with Gasteiger partial charge in [-0.25, -0.2) is 0 Å². The van der Waals surface area contributed by atoms with Gasteiger partial charge in [-0.2, -0.15) is 11.8 Å². The smallest absolute Gasteiger partial charge is 0.160 e. The van der Waals surface area contributed by atoms with Crippen molar-refractivity contribution in [3.05, 3.63) is 23.8 Å². The summed E-state index contributed by atoms with van der Waals surface area (Å²) in [5.41, 5.74) is 1.17. The molecule has 1 rings (SSSR count). The molecule has 0 aliphatic rings. The van der Waals surface area contributed by atoms with Gasteiger partial charge in [-0.3, -0.25) is 0 Å². The molecule has 3 heteroatoms. The zero-order valence-electron chi connectivity index (χ0n) is 8.07. The Balaban J connectivity index is 2.99. The first-order chi connectivity index (χ1) is 6.19. The molecule has 0 saturated heterocycles. The van der Waals surface area contributed by atoms with Gasteiger partial charge in [-0.1, -0.05) is 6.07 Å². The molecule has 1 aromatic carbocycles. The van der Waals surface area contributed by atoms with Gasteiger partial charge in [0.2, 0.25) is 0 Å². The Morgan fingerprint density at radius 3 is 2.69 bits per heavy atom. The number of hydrogen-bond acceptors (Lipinski definition) is 3. The highest BCUT2D eigenvalue weighted by atomic mass is 32.2. The van der Waals surface area contributed by atoms with E-state index in [9.17, 15) is 5.11 Å². The predicted molar refractivity (Wildman–Crippen MR) is 56.6 cm³/mol. The van der Waals surface area contributed by atoms with E-state index >= 15 is 0 Å². The van der Waals surface area contributed by atoms with Crippen LogP contribution in [0.4, 0.5) is 0 Å². The molecule has 0 heterocycles. The maximum atomic E-state index is 9.36. The molecule has 1 atom stereocenters. The maximum absolute atomic E-state index is 9.36. The van der Waals surface area contributed by atoms with E-state index in [1.807, 2.05) is 12.1 Å². The molecule has 1 aromatic rings. The van der Waals surface area contributed by atoms with Crippen LogP contribution < -0.4 is 4.74 Å². The summed E-state index contributed by atoms with van der Waals surface area (Å²) in [4.78, 5) is 0. The summed E-state index contributed by atoms with van der Waals surface area (Å²) in [7, 11) is 1.56. The number of phenols is 1. The molecule has 1 N–H and O–H groups in total. The molecule has 0 aliphatic heterocycles. The van der Waals surface area contributed by atoms with Gasteiger partial charge in [-0.05, 0) is 30.9 Å². The molecule has 0 saturated carbocycles. The number of benzene rings is 1. The molecule has 0 bridgehead atoms. The fourth-order valence-electron chi connectivity index (χ4n) is 1.08. The average Bonchev–Trinajstić information content (AvgIpc) is 2.17. The molecule has 0 amide bonds. The molecule has 1 unspecified atom stereocenters. The van der Waals surface area contributed by atoms with Crippen molar-refractivity contribution in [2.75, 3.05) is 13.4 Å². The maximum Gasteiger partial charge on any atom is 0.160 e. The average molecular weight is 198 g/mol. The molecular weight excluding hydrogens is 184 g/mol. The lowest BCUT2D eigenvalue weighted by molar-refractivity contribution is 0.373. The summed E-state index contributed by atoms with van der Waals surface area (Å²) >= 11 is 1.77. The largest absolute Gasteiger partial charge is 0.504 e.